The highest BCUT2D eigenvalue weighted by Gasteiger charge is 2.35. The lowest BCUT2D eigenvalue weighted by Crippen LogP contribution is -2.19. The maximum Gasteiger partial charge on any atom is 0.451 e. The molecule has 1 rings (SSSR count). The van der Waals surface area contributed by atoms with Crippen LogP contribution < -0.4 is 11.1 Å². The molecule has 0 spiro atoms. The van der Waals surface area contributed by atoms with E-state index in [-0.39, 0.29) is 17.7 Å². The standard InChI is InChI=1S/C11H17F3N4/c1-3-4-5-7(2)16-9-6-8(15)17-10(18-9)11(12,13)14/h6-7H,3-5H2,1-2H3,(H3,15,16,17,18). The number of alkyl halides is 3. The van der Waals surface area contributed by atoms with Gasteiger partial charge in [0.2, 0.25) is 5.82 Å². The Hall–Kier alpha value is -1.53. The highest BCUT2D eigenvalue weighted by atomic mass is 19.4. The van der Waals surface area contributed by atoms with Crippen LogP contribution in [0.1, 0.15) is 38.9 Å². The van der Waals surface area contributed by atoms with Crippen molar-refractivity contribution in [3.05, 3.63) is 11.9 Å². The largest absolute Gasteiger partial charge is 0.451 e. The molecule has 0 radical (unpaired) electrons. The summed E-state index contributed by atoms with van der Waals surface area (Å²) in [5.74, 6) is -1.30. The summed E-state index contributed by atoms with van der Waals surface area (Å²) < 4.78 is 37.4. The average Bonchev–Trinajstić information content (AvgIpc) is 2.24. The molecule has 0 aliphatic rings. The van der Waals surface area contributed by atoms with Gasteiger partial charge in [0.05, 0.1) is 0 Å². The van der Waals surface area contributed by atoms with Gasteiger partial charge in [-0.2, -0.15) is 13.2 Å². The van der Waals surface area contributed by atoms with Gasteiger partial charge < -0.3 is 11.1 Å². The number of rotatable bonds is 5. The van der Waals surface area contributed by atoms with E-state index in [0.717, 1.165) is 19.3 Å². The lowest BCUT2D eigenvalue weighted by atomic mass is 10.1. The summed E-state index contributed by atoms with van der Waals surface area (Å²) in [5, 5.41) is 2.90. The van der Waals surface area contributed by atoms with Crippen molar-refractivity contribution in [2.45, 2.75) is 45.3 Å². The van der Waals surface area contributed by atoms with E-state index < -0.39 is 12.0 Å². The van der Waals surface area contributed by atoms with Gasteiger partial charge in [0.15, 0.2) is 0 Å². The zero-order valence-electron chi connectivity index (χ0n) is 10.4. The van der Waals surface area contributed by atoms with Crippen LogP contribution in [0.15, 0.2) is 6.07 Å². The number of nitrogen functional groups attached to an aromatic ring is 1. The zero-order chi connectivity index (χ0) is 13.8. The topological polar surface area (TPSA) is 63.8 Å². The van der Waals surface area contributed by atoms with Gasteiger partial charge in [-0.15, -0.1) is 0 Å². The molecule has 0 saturated heterocycles. The third-order valence-electron chi connectivity index (χ3n) is 2.38. The quantitative estimate of drug-likeness (QED) is 0.856. The van der Waals surface area contributed by atoms with Crippen molar-refractivity contribution < 1.29 is 13.2 Å². The van der Waals surface area contributed by atoms with Crippen molar-refractivity contribution in [3.63, 3.8) is 0 Å². The van der Waals surface area contributed by atoms with Crippen LogP contribution in [-0.4, -0.2) is 16.0 Å². The van der Waals surface area contributed by atoms with Crippen LogP contribution in [0.5, 0.6) is 0 Å². The summed E-state index contributed by atoms with van der Waals surface area (Å²) in [4.78, 5) is 6.60. The lowest BCUT2D eigenvalue weighted by molar-refractivity contribution is -0.144. The molecule has 0 aromatic carbocycles. The van der Waals surface area contributed by atoms with Crippen LogP contribution in [0.25, 0.3) is 0 Å². The molecule has 1 unspecified atom stereocenters. The molecule has 0 saturated carbocycles. The van der Waals surface area contributed by atoms with Crippen molar-refractivity contribution in [3.8, 4) is 0 Å². The van der Waals surface area contributed by atoms with Gasteiger partial charge in [0.25, 0.3) is 0 Å². The first-order chi connectivity index (χ1) is 8.32. The van der Waals surface area contributed by atoms with Gasteiger partial charge in [-0.1, -0.05) is 19.8 Å². The second kappa shape index (κ2) is 5.88. The highest BCUT2D eigenvalue weighted by molar-refractivity contribution is 5.45. The number of aromatic nitrogens is 2. The van der Waals surface area contributed by atoms with Gasteiger partial charge in [0.1, 0.15) is 11.6 Å². The van der Waals surface area contributed by atoms with Crippen LogP contribution in [0.3, 0.4) is 0 Å². The first-order valence-corrected chi connectivity index (χ1v) is 5.81. The Kier molecular flexibility index (Phi) is 4.75. The lowest BCUT2D eigenvalue weighted by Gasteiger charge is -2.15. The SMILES string of the molecule is CCCCC(C)Nc1cc(N)nc(C(F)(F)F)n1. The maximum atomic E-state index is 12.5. The van der Waals surface area contributed by atoms with Crippen LogP contribution in [0.4, 0.5) is 24.8 Å². The monoisotopic (exact) mass is 262 g/mol. The number of hydrogen-bond donors (Lipinski definition) is 2. The Morgan fingerprint density at radius 3 is 2.61 bits per heavy atom. The van der Waals surface area contributed by atoms with Crippen molar-refractivity contribution in [1.82, 2.24) is 9.97 Å². The Morgan fingerprint density at radius 1 is 1.39 bits per heavy atom. The first-order valence-electron chi connectivity index (χ1n) is 5.81. The number of nitrogens with one attached hydrogen (secondary N) is 1. The van der Waals surface area contributed by atoms with E-state index in [0.29, 0.717) is 0 Å². The zero-order valence-corrected chi connectivity index (χ0v) is 10.4. The van der Waals surface area contributed by atoms with E-state index in [4.69, 9.17) is 5.73 Å². The van der Waals surface area contributed by atoms with Gasteiger partial charge >= 0.3 is 6.18 Å². The smallest absolute Gasteiger partial charge is 0.384 e. The molecule has 0 amide bonds. The minimum absolute atomic E-state index is 0.0420. The third kappa shape index (κ3) is 4.38. The number of nitrogens with two attached hydrogens (primary N) is 1. The van der Waals surface area contributed by atoms with E-state index >= 15 is 0 Å². The number of nitrogens with zero attached hydrogens (tertiary/aromatic N) is 2. The van der Waals surface area contributed by atoms with E-state index in [1.165, 1.54) is 6.07 Å². The molecule has 0 aliphatic carbocycles. The Bertz CT molecular complexity index is 392. The van der Waals surface area contributed by atoms with Gasteiger partial charge in [-0.05, 0) is 13.3 Å². The van der Waals surface area contributed by atoms with Gasteiger partial charge in [0, 0.05) is 12.1 Å². The van der Waals surface area contributed by atoms with Crippen LogP contribution in [0, 0.1) is 0 Å². The van der Waals surface area contributed by atoms with Gasteiger partial charge in [-0.3, -0.25) is 0 Å². The molecule has 1 atom stereocenters. The molecule has 4 nitrogen and oxygen atoms in total. The van der Waals surface area contributed by atoms with Crippen LogP contribution >= 0.6 is 0 Å². The normalized spacial score (nSPS) is 13.4. The first kappa shape index (κ1) is 14.5. The Labute approximate surface area is 104 Å². The van der Waals surface area contributed by atoms with Crippen molar-refractivity contribution in [2.75, 3.05) is 11.1 Å². The maximum absolute atomic E-state index is 12.5. The van der Waals surface area contributed by atoms with Crippen molar-refractivity contribution in [1.29, 1.82) is 0 Å². The molecule has 3 N–H and O–H groups in total. The summed E-state index contributed by atoms with van der Waals surface area (Å²) in [6, 6.07) is 1.35. The molecule has 1 heterocycles. The molecule has 102 valence electrons. The summed E-state index contributed by atoms with van der Waals surface area (Å²) in [6.07, 6.45) is -1.69. The molecular weight excluding hydrogens is 245 g/mol. The molecule has 1 aromatic heterocycles. The second-order valence-corrected chi connectivity index (χ2v) is 4.19. The van der Waals surface area contributed by atoms with Crippen molar-refractivity contribution >= 4 is 11.6 Å². The fourth-order valence-electron chi connectivity index (χ4n) is 1.50. The predicted octanol–water partition coefficient (Wildman–Crippen LogP) is 3.07. The van der Waals surface area contributed by atoms with Crippen LogP contribution in [0.2, 0.25) is 0 Å². The minimum atomic E-state index is -4.58. The van der Waals surface area contributed by atoms with Crippen molar-refractivity contribution in [2.24, 2.45) is 0 Å². The van der Waals surface area contributed by atoms with Gasteiger partial charge in [-0.25, -0.2) is 9.97 Å². The molecule has 0 bridgehead atoms. The number of anilines is 2. The van der Waals surface area contributed by atoms with E-state index in [2.05, 4.69) is 22.2 Å². The molecule has 7 heteroatoms. The summed E-state index contributed by atoms with van der Waals surface area (Å²) >= 11 is 0. The number of hydrogen-bond acceptors (Lipinski definition) is 4. The Morgan fingerprint density at radius 2 is 2.06 bits per heavy atom. The fraction of sp³-hybridized carbons (Fsp3) is 0.636. The van der Waals surface area contributed by atoms with E-state index in [1.54, 1.807) is 0 Å². The highest BCUT2D eigenvalue weighted by Crippen LogP contribution is 2.27. The van der Waals surface area contributed by atoms with E-state index in [1.807, 2.05) is 6.92 Å². The molecular formula is C11H17F3N4. The molecule has 0 fully saturated rings. The fourth-order valence-corrected chi connectivity index (χ4v) is 1.50. The Balaban J connectivity index is 2.80. The predicted molar refractivity (Wildman–Crippen MR) is 64.1 cm³/mol. The minimum Gasteiger partial charge on any atom is -0.384 e. The number of halogens is 3. The molecule has 0 aliphatic heterocycles. The summed E-state index contributed by atoms with van der Waals surface area (Å²) in [5.41, 5.74) is 5.34. The third-order valence-corrected chi connectivity index (χ3v) is 2.38. The van der Waals surface area contributed by atoms with Crippen LogP contribution in [-0.2, 0) is 6.18 Å². The summed E-state index contributed by atoms with van der Waals surface area (Å²) in [6.45, 7) is 3.94. The average molecular weight is 262 g/mol. The second-order valence-electron chi connectivity index (χ2n) is 4.19. The van der Waals surface area contributed by atoms with E-state index in [9.17, 15) is 13.2 Å². The molecule has 1 aromatic rings. The number of unbranched alkanes of at least 4 members (excludes halogenated alkanes) is 1. The molecule has 18 heavy (non-hydrogen) atoms. The summed E-state index contributed by atoms with van der Waals surface area (Å²) in [7, 11) is 0.